The predicted molar refractivity (Wildman–Crippen MR) is 93.4 cm³/mol. The Bertz CT molecular complexity index is 1030. The maximum atomic E-state index is 12.6. The van der Waals surface area contributed by atoms with Crippen LogP contribution in [0.3, 0.4) is 0 Å². The quantitative estimate of drug-likeness (QED) is 0.623. The van der Waals surface area contributed by atoms with Crippen LogP contribution in [-0.4, -0.2) is 30.1 Å². The summed E-state index contributed by atoms with van der Waals surface area (Å²) in [4.78, 5) is 21.2. The van der Waals surface area contributed by atoms with Gasteiger partial charge in [0.15, 0.2) is 0 Å². The minimum Gasteiger partial charge on any atom is -0.305 e. The molecule has 4 aromatic heterocycles. The van der Waals surface area contributed by atoms with Crippen molar-refractivity contribution in [2.45, 2.75) is 13.5 Å². The van der Waals surface area contributed by atoms with Gasteiger partial charge in [-0.05, 0) is 31.2 Å². The molecule has 0 spiro atoms. The Morgan fingerprint density at radius 2 is 2.04 bits per heavy atom. The summed E-state index contributed by atoms with van der Waals surface area (Å²) in [5, 5.41) is 7.12. The lowest BCUT2D eigenvalue weighted by atomic mass is 10.3. The Morgan fingerprint density at radius 3 is 2.84 bits per heavy atom. The molecule has 25 heavy (non-hydrogen) atoms. The molecule has 0 fully saturated rings. The van der Waals surface area contributed by atoms with Gasteiger partial charge < -0.3 is 9.72 Å². The average Bonchev–Trinajstić information content (AvgIpc) is 3.24. The van der Waals surface area contributed by atoms with Gasteiger partial charge in [-0.15, -0.1) is 0 Å². The minimum atomic E-state index is -0.272. The van der Waals surface area contributed by atoms with Crippen molar-refractivity contribution >= 4 is 17.4 Å². The topological polar surface area (TPSA) is 77.1 Å². The Morgan fingerprint density at radius 1 is 1.12 bits per heavy atom. The zero-order chi connectivity index (χ0) is 17.2. The van der Waals surface area contributed by atoms with Gasteiger partial charge in [-0.1, -0.05) is 12.1 Å². The number of amides is 1. The molecule has 4 heterocycles. The van der Waals surface area contributed by atoms with Crippen molar-refractivity contribution in [3.63, 3.8) is 0 Å². The molecule has 7 heteroatoms. The van der Waals surface area contributed by atoms with E-state index >= 15 is 0 Å². The molecule has 0 aliphatic carbocycles. The van der Waals surface area contributed by atoms with Gasteiger partial charge in [0.2, 0.25) is 0 Å². The number of nitrogens with zero attached hydrogens (tertiary/aromatic N) is 5. The van der Waals surface area contributed by atoms with Crippen LogP contribution in [0.1, 0.15) is 21.9 Å². The number of pyridine rings is 2. The number of anilines is 1. The summed E-state index contributed by atoms with van der Waals surface area (Å²) in [6.07, 6.45) is 5.11. The monoisotopic (exact) mass is 332 g/mol. The fraction of sp³-hybridized carbons (Fsp3) is 0.111. The molecule has 7 nitrogen and oxygen atoms in total. The highest BCUT2D eigenvalue weighted by Gasteiger charge is 2.14. The van der Waals surface area contributed by atoms with Crippen LogP contribution < -0.4 is 5.32 Å². The molecule has 0 aromatic carbocycles. The van der Waals surface area contributed by atoms with Crippen LogP contribution in [0.5, 0.6) is 0 Å². The summed E-state index contributed by atoms with van der Waals surface area (Å²) in [5.41, 5.74) is 2.99. The van der Waals surface area contributed by atoms with Crippen molar-refractivity contribution in [2.24, 2.45) is 0 Å². The summed E-state index contributed by atoms with van der Waals surface area (Å²) >= 11 is 0. The second-order valence-electron chi connectivity index (χ2n) is 5.67. The first kappa shape index (κ1) is 15.1. The van der Waals surface area contributed by atoms with Gasteiger partial charge in [0.25, 0.3) is 5.91 Å². The molecule has 0 unspecified atom stereocenters. The van der Waals surface area contributed by atoms with E-state index in [1.807, 2.05) is 47.7 Å². The largest absolute Gasteiger partial charge is 0.305 e. The third-order valence-electron chi connectivity index (χ3n) is 3.92. The summed E-state index contributed by atoms with van der Waals surface area (Å²) in [5.74, 6) is 0.329. The number of hydrogen-bond acceptors (Lipinski definition) is 4. The number of aromatic nitrogens is 5. The van der Waals surface area contributed by atoms with E-state index in [1.54, 1.807) is 29.3 Å². The minimum absolute atomic E-state index is 0.272. The molecule has 0 aliphatic heterocycles. The highest BCUT2D eigenvalue weighted by Crippen LogP contribution is 2.13. The molecule has 1 amide bonds. The highest BCUT2D eigenvalue weighted by molar-refractivity contribution is 6.02. The number of fused-ring (bicyclic) bond motifs is 1. The molecular weight excluding hydrogens is 316 g/mol. The standard InChI is InChI=1S/C18H16N6O/c1-13-5-4-7-16-21-15(12-23(13)16)18(25)22-17-8-10-20-24(17)11-14-6-2-3-9-19-14/h2-10,12H,11H2,1H3,(H,22,25). The van der Waals surface area contributed by atoms with Gasteiger partial charge in [0.05, 0.1) is 18.4 Å². The van der Waals surface area contributed by atoms with Crippen LogP contribution in [0.15, 0.2) is 61.1 Å². The molecule has 0 saturated carbocycles. The van der Waals surface area contributed by atoms with Crippen LogP contribution in [0, 0.1) is 6.92 Å². The molecule has 4 aromatic rings. The number of hydrogen-bond donors (Lipinski definition) is 1. The van der Waals surface area contributed by atoms with Crippen LogP contribution in [-0.2, 0) is 6.54 Å². The second kappa shape index (κ2) is 6.20. The van der Waals surface area contributed by atoms with Crippen LogP contribution >= 0.6 is 0 Å². The predicted octanol–water partition coefficient (Wildman–Crippen LogP) is 2.53. The Balaban J connectivity index is 1.57. The zero-order valence-corrected chi connectivity index (χ0v) is 13.6. The SMILES string of the molecule is Cc1cccc2nc(C(=O)Nc3ccnn3Cc3ccccn3)cn12. The van der Waals surface area contributed by atoms with E-state index in [0.717, 1.165) is 17.0 Å². The lowest BCUT2D eigenvalue weighted by Gasteiger charge is -2.07. The molecular formula is C18H16N6O. The van der Waals surface area contributed by atoms with Gasteiger partial charge >= 0.3 is 0 Å². The fourth-order valence-corrected chi connectivity index (χ4v) is 2.65. The van der Waals surface area contributed by atoms with E-state index in [-0.39, 0.29) is 5.91 Å². The smallest absolute Gasteiger partial charge is 0.277 e. The van der Waals surface area contributed by atoms with E-state index in [0.29, 0.717) is 18.1 Å². The first-order chi connectivity index (χ1) is 12.2. The van der Waals surface area contributed by atoms with Crippen molar-refractivity contribution in [3.8, 4) is 0 Å². The third kappa shape index (κ3) is 2.99. The summed E-state index contributed by atoms with van der Waals surface area (Å²) < 4.78 is 3.58. The van der Waals surface area contributed by atoms with E-state index in [2.05, 4.69) is 20.4 Å². The molecule has 0 aliphatic rings. The van der Waals surface area contributed by atoms with Crippen molar-refractivity contribution in [1.82, 2.24) is 24.1 Å². The normalized spacial score (nSPS) is 10.9. The number of nitrogens with one attached hydrogen (secondary N) is 1. The molecule has 124 valence electrons. The summed E-state index contributed by atoms with van der Waals surface area (Å²) in [7, 11) is 0. The van der Waals surface area contributed by atoms with E-state index in [4.69, 9.17) is 0 Å². The van der Waals surface area contributed by atoms with Gasteiger partial charge in [-0.2, -0.15) is 5.10 Å². The van der Waals surface area contributed by atoms with E-state index in [9.17, 15) is 4.79 Å². The maximum Gasteiger partial charge on any atom is 0.277 e. The van der Waals surface area contributed by atoms with Gasteiger partial charge in [0.1, 0.15) is 17.2 Å². The first-order valence-electron chi connectivity index (χ1n) is 7.88. The third-order valence-corrected chi connectivity index (χ3v) is 3.92. The number of aryl methyl sites for hydroxylation is 1. The number of carbonyl (C=O) groups is 1. The van der Waals surface area contributed by atoms with Gasteiger partial charge in [-0.3, -0.25) is 9.78 Å². The zero-order valence-electron chi connectivity index (χ0n) is 13.6. The molecule has 4 rings (SSSR count). The summed E-state index contributed by atoms with van der Waals surface area (Å²) in [6, 6.07) is 13.2. The fourth-order valence-electron chi connectivity index (χ4n) is 2.65. The maximum absolute atomic E-state index is 12.6. The van der Waals surface area contributed by atoms with Crippen molar-refractivity contribution in [2.75, 3.05) is 5.32 Å². The Labute approximate surface area is 144 Å². The van der Waals surface area contributed by atoms with Crippen LogP contribution in [0.2, 0.25) is 0 Å². The van der Waals surface area contributed by atoms with Gasteiger partial charge in [-0.25, -0.2) is 9.67 Å². The van der Waals surface area contributed by atoms with Gasteiger partial charge in [0, 0.05) is 24.2 Å². The molecule has 0 radical (unpaired) electrons. The van der Waals surface area contributed by atoms with Crippen LogP contribution in [0.4, 0.5) is 5.82 Å². The average molecular weight is 332 g/mol. The van der Waals surface area contributed by atoms with E-state index < -0.39 is 0 Å². The lowest BCUT2D eigenvalue weighted by Crippen LogP contribution is -2.16. The van der Waals surface area contributed by atoms with Crippen LogP contribution in [0.25, 0.3) is 5.65 Å². The summed E-state index contributed by atoms with van der Waals surface area (Å²) in [6.45, 7) is 2.45. The van der Waals surface area contributed by atoms with E-state index in [1.165, 1.54) is 0 Å². The molecule has 0 saturated heterocycles. The number of imidazole rings is 1. The Kier molecular flexibility index (Phi) is 3.74. The highest BCUT2D eigenvalue weighted by atomic mass is 16.2. The van der Waals surface area contributed by atoms with Crippen molar-refractivity contribution in [3.05, 3.63) is 78.1 Å². The second-order valence-corrected chi connectivity index (χ2v) is 5.67. The lowest BCUT2D eigenvalue weighted by molar-refractivity contribution is 0.102. The Hall–Kier alpha value is -3.48. The molecule has 0 bridgehead atoms. The molecule has 0 atom stereocenters. The first-order valence-corrected chi connectivity index (χ1v) is 7.88. The van der Waals surface area contributed by atoms with Crippen molar-refractivity contribution in [1.29, 1.82) is 0 Å². The van der Waals surface area contributed by atoms with Crippen molar-refractivity contribution < 1.29 is 4.79 Å². The number of rotatable bonds is 4. The number of carbonyl (C=O) groups excluding carboxylic acids is 1. The molecule has 1 N–H and O–H groups in total.